The lowest BCUT2D eigenvalue weighted by Gasteiger charge is -2.45. The topological polar surface area (TPSA) is 49.9 Å². The van der Waals surface area contributed by atoms with Gasteiger partial charge in [0.25, 0.3) is 0 Å². The van der Waals surface area contributed by atoms with Crippen molar-refractivity contribution in [1.82, 2.24) is 5.32 Å². The highest BCUT2D eigenvalue weighted by Crippen LogP contribution is 2.71. The molecule has 1 N–H and O–H groups in total. The summed E-state index contributed by atoms with van der Waals surface area (Å²) >= 11 is 0. The summed E-state index contributed by atoms with van der Waals surface area (Å²) < 4.78 is 6.36. The zero-order valence-electron chi connectivity index (χ0n) is 41.8. The van der Waals surface area contributed by atoms with Crippen LogP contribution in [0, 0.1) is 12.1 Å². The number of amidine groups is 2. The van der Waals surface area contributed by atoms with Crippen LogP contribution in [0.3, 0.4) is 0 Å². The van der Waals surface area contributed by atoms with Crippen LogP contribution in [0.4, 0.5) is 0 Å². The van der Waals surface area contributed by atoms with Gasteiger partial charge in [-0.25, -0.2) is 9.98 Å². The summed E-state index contributed by atoms with van der Waals surface area (Å²) in [7, 11) is -4.88. The van der Waals surface area contributed by atoms with E-state index in [1.165, 1.54) is 30.5 Å². The number of nitrogens with zero attached hydrogens (tertiary/aromatic N) is 2. The maximum absolute atomic E-state index is 6.36. The Kier molecular flexibility index (Phi) is 14.1. The van der Waals surface area contributed by atoms with E-state index in [2.05, 4.69) is 269 Å². The molecule has 0 saturated heterocycles. The van der Waals surface area contributed by atoms with Crippen LogP contribution in [0.15, 0.2) is 278 Å². The van der Waals surface area contributed by atoms with Crippen LogP contribution >= 0.6 is 10.0 Å². The summed E-state index contributed by atoms with van der Waals surface area (Å²) in [4.78, 5) is 14.8. The first-order valence-electron chi connectivity index (χ1n) is 25.1. The van der Waals surface area contributed by atoms with Crippen molar-refractivity contribution >= 4 is 62.4 Å². The van der Waals surface area contributed by atoms with Crippen LogP contribution < -0.4 is 20.9 Å². The van der Waals surface area contributed by atoms with Crippen LogP contribution in [0.5, 0.6) is 0 Å². The van der Waals surface area contributed by atoms with Crippen LogP contribution in [0.25, 0.3) is 17.0 Å². The van der Waals surface area contributed by atoms with E-state index in [4.69, 9.17) is 14.4 Å². The molecule has 0 amide bonds. The third kappa shape index (κ3) is 8.98. The molecule has 0 saturated carbocycles. The number of aryl methyl sites for hydroxylation is 1. The highest BCUT2D eigenvalue weighted by atomic mass is 32.3. The summed E-state index contributed by atoms with van der Waals surface area (Å²) in [6, 6.07) is 71.0. The molecule has 2 aliphatic rings. The average molecular weight is 982 g/mol. The Morgan fingerprint density at radius 3 is 2.05 bits per heavy atom. The lowest BCUT2D eigenvalue weighted by molar-refractivity contribution is 0.518. The van der Waals surface area contributed by atoms with Gasteiger partial charge >= 0.3 is 0 Å². The molecule has 2 heterocycles. The van der Waals surface area contributed by atoms with Crippen LogP contribution in [-0.2, 0) is 12.1 Å². The van der Waals surface area contributed by atoms with E-state index in [1.807, 2.05) is 19.1 Å². The standard InChI is InChI=1S/C67H59N3OSSi/c1-6-10-16-32-53(8-3)72(54-33-17-11-18-34-54,55-35-19-12-20-36-55)56-37-27-30-50(47-56)65-68-66(70-67(5,69-65)52-45-46-64-62(49-52)61(9-4)63(71-64)29-7-2)51-31-28-44-60(48-51)73(57-38-21-13-22-39-57,58-40-23-14-24-41-58)59-42-25-15-26-43-59/h6,8,10-25,28-29,31-42,44-49,53H,2-3,9,26,43H2,1,4-5H3,(H,68,69,70)/b10-6-,32-16-. The first-order chi connectivity index (χ1) is 35.9. The number of rotatable bonds is 16. The summed E-state index contributed by atoms with van der Waals surface area (Å²) in [5.41, 5.74) is 6.43. The Morgan fingerprint density at radius 2 is 1.44 bits per heavy atom. The van der Waals surface area contributed by atoms with Gasteiger partial charge in [0.15, 0.2) is 13.7 Å². The second kappa shape index (κ2) is 21.3. The Hall–Kier alpha value is -8.17. The maximum Gasteiger partial charge on any atom is 0.177 e. The van der Waals surface area contributed by atoms with Crippen molar-refractivity contribution in [1.29, 1.82) is 0 Å². The fourth-order valence-electron chi connectivity index (χ4n) is 10.8. The van der Waals surface area contributed by atoms with E-state index in [-0.39, 0.29) is 5.25 Å². The van der Waals surface area contributed by atoms with E-state index in [1.54, 1.807) is 0 Å². The Balaban J connectivity index is 1.20. The van der Waals surface area contributed by atoms with Crippen molar-refractivity contribution < 1.29 is 4.42 Å². The van der Waals surface area contributed by atoms with Gasteiger partial charge < -0.3 is 9.73 Å². The number of hydrogen-bond acceptors (Lipinski definition) is 4. The minimum atomic E-state index is -2.82. The van der Waals surface area contributed by atoms with Gasteiger partial charge in [-0.3, -0.25) is 0 Å². The zero-order chi connectivity index (χ0) is 50.3. The van der Waals surface area contributed by atoms with Crippen molar-refractivity contribution in [2.45, 2.75) is 65.6 Å². The number of fused-ring (bicyclic) bond motifs is 1. The Morgan fingerprint density at radius 1 is 0.781 bits per heavy atom. The Bertz CT molecular complexity index is 3450. The van der Waals surface area contributed by atoms with Gasteiger partial charge in [-0.05, 0) is 101 Å². The lowest BCUT2D eigenvalue weighted by atomic mass is 9.97. The molecular formula is C67H59N3OSSi. The molecule has 4 nitrogen and oxygen atoms in total. The number of nitrogens with one attached hydrogen (secondary N) is 1. The molecule has 0 fully saturated rings. The van der Waals surface area contributed by atoms with Crippen molar-refractivity contribution in [2.24, 2.45) is 9.98 Å². The van der Waals surface area contributed by atoms with Crippen molar-refractivity contribution in [3.8, 4) is 0 Å². The molecule has 1 aromatic heterocycles. The van der Waals surface area contributed by atoms with Crippen molar-refractivity contribution in [3.05, 3.63) is 289 Å². The zero-order valence-corrected chi connectivity index (χ0v) is 43.6. The molecule has 73 heavy (non-hydrogen) atoms. The third-order valence-electron chi connectivity index (χ3n) is 14.1. The molecule has 2 atom stereocenters. The predicted octanol–water partition coefficient (Wildman–Crippen LogP) is 14.3. The number of furan rings is 1. The summed E-state index contributed by atoms with van der Waals surface area (Å²) in [6.45, 7) is 14.6. The van der Waals surface area contributed by atoms with E-state index >= 15 is 0 Å². The highest BCUT2D eigenvalue weighted by molar-refractivity contribution is 8.34. The first kappa shape index (κ1) is 48.5. The fraction of sp³-hybridized carbons (Fsp3) is 0.119. The second-order valence-corrected chi connectivity index (χ2v) is 25.6. The Labute approximate surface area is 434 Å². The van der Waals surface area contributed by atoms with E-state index in [0.717, 1.165) is 69.0 Å². The van der Waals surface area contributed by atoms with Gasteiger partial charge in [0.1, 0.15) is 23.0 Å². The molecule has 10 rings (SSSR count). The minimum Gasteiger partial charge on any atom is -0.456 e. The van der Waals surface area contributed by atoms with Gasteiger partial charge in [-0.2, -0.15) is 0 Å². The van der Waals surface area contributed by atoms with Gasteiger partial charge in [0, 0.05) is 44.4 Å². The highest BCUT2D eigenvalue weighted by Gasteiger charge is 2.44. The number of hydrogen-bond donors (Lipinski definition) is 1. The summed E-state index contributed by atoms with van der Waals surface area (Å²) in [5, 5.41) is 10.2. The van der Waals surface area contributed by atoms with Crippen molar-refractivity contribution in [2.75, 3.05) is 0 Å². The van der Waals surface area contributed by atoms with Gasteiger partial charge in [-0.1, -0.05) is 207 Å². The first-order valence-corrected chi connectivity index (χ1v) is 28.8. The normalized spacial score (nSPS) is 16.5. The van der Waals surface area contributed by atoms with E-state index < -0.39 is 23.8 Å². The van der Waals surface area contributed by atoms with Crippen LogP contribution in [0.1, 0.15) is 61.6 Å². The molecule has 0 spiro atoms. The van der Waals surface area contributed by atoms with Gasteiger partial charge in [0.2, 0.25) is 0 Å². The largest absolute Gasteiger partial charge is 0.456 e. The molecule has 7 aromatic carbocycles. The van der Waals surface area contributed by atoms with Gasteiger partial charge in [0.05, 0.1) is 5.56 Å². The number of aliphatic imine (C=N–C) groups is 2. The molecule has 1 aliphatic carbocycles. The predicted molar refractivity (Wildman–Crippen MR) is 311 cm³/mol. The molecule has 6 heteroatoms. The molecule has 0 radical (unpaired) electrons. The molecule has 358 valence electrons. The number of allylic oxidation sites excluding steroid dienone is 7. The fourth-order valence-corrected chi connectivity index (χ4v) is 20.0. The SMILES string of the molecule is C=C=Cc1oc2ccc(C3(C)N=C(c4c#ccc(S(c5ccccc5)(c5ccccc5)C(C=C)/C=C\C=C/C)c4)NC(c4cccc([Si](C5=CC=CCC5)(c5ccccc5)c5ccccc5)c4)=N3)cc2c1CC. The molecule has 2 unspecified atom stereocenters. The lowest BCUT2D eigenvalue weighted by Crippen LogP contribution is -2.68. The smallest absolute Gasteiger partial charge is 0.177 e. The van der Waals surface area contributed by atoms with E-state index in [0.29, 0.717) is 5.84 Å². The third-order valence-corrected chi connectivity index (χ3v) is 23.3. The van der Waals surface area contributed by atoms with Crippen LogP contribution in [-0.4, -0.2) is 25.0 Å². The van der Waals surface area contributed by atoms with E-state index in [9.17, 15) is 0 Å². The van der Waals surface area contributed by atoms with Gasteiger partial charge in [-0.15, -0.1) is 22.3 Å². The second-order valence-electron chi connectivity index (χ2n) is 18.4. The molecular weight excluding hydrogens is 923 g/mol. The summed E-state index contributed by atoms with van der Waals surface area (Å²) in [6.07, 6.45) is 22.2. The van der Waals surface area contributed by atoms with Crippen molar-refractivity contribution in [3.63, 3.8) is 0 Å². The maximum atomic E-state index is 6.36. The quantitative estimate of drug-likeness (QED) is 0.0345. The molecule has 0 bridgehead atoms. The molecule has 8 aromatic rings. The summed E-state index contributed by atoms with van der Waals surface area (Å²) in [5.74, 6) is 2.13. The van der Waals surface area contributed by atoms with Crippen LogP contribution in [0.2, 0.25) is 0 Å². The molecule has 1 aliphatic heterocycles. The number of benzene rings is 6. The monoisotopic (exact) mass is 981 g/mol. The minimum absolute atomic E-state index is 0.0766. The average Bonchev–Trinajstić information content (AvgIpc) is 3.81.